The Hall–Kier alpha value is -2.70. The number of hydrogen-bond donors (Lipinski definition) is 1. The van der Waals surface area contributed by atoms with Gasteiger partial charge in [0.1, 0.15) is 30.0 Å². The number of carbonyl (C=O) groups is 5. The predicted octanol–water partition coefficient (Wildman–Crippen LogP) is 1.76. The van der Waals surface area contributed by atoms with Gasteiger partial charge in [-0.1, -0.05) is 19.1 Å². The molecule has 0 aromatic carbocycles. The molecule has 11 atom stereocenters. The van der Waals surface area contributed by atoms with E-state index in [1.807, 2.05) is 0 Å². The van der Waals surface area contributed by atoms with Crippen LogP contribution in [0.4, 0.5) is 0 Å². The molecular weight excluding hydrogens is 564 g/mol. The maximum Gasteiger partial charge on any atom is 0.312 e. The maximum atomic E-state index is 13.0. The zero-order chi connectivity index (χ0) is 30.7. The third-order valence-electron chi connectivity index (χ3n) is 9.14. The minimum Gasteiger partial charge on any atom is -0.462 e. The molecule has 228 valence electrons. The first-order valence-electron chi connectivity index (χ1n) is 13.6. The Bertz CT molecular complexity index is 1150. The average molecular weight is 601 g/mol. The molecule has 2 saturated heterocycles. The third kappa shape index (κ3) is 5.12. The highest BCUT2D eigenvalue weighted by molar-refractivity contribution is 6.23. The highest BCUT2D eigenvalue weighted by Crippen LogP contribution is 2.63. The highest BCUT2D eigenvalue weighted by Gasteiger charge is 2.78. The zero-order valence-electron chi connectivity index (χ0n) is 24.0. The molecule has 2 aliphatic heterocycles. The summed E-state index contributed by atoms with van der Waals surface area (Å²) >= 11 is 6.78. The molecule has 0 aromatic rings. The first-order chi connectivity index (χ1) is 19.0. The molecule has 41 heavy (non-hydrogen) atoms. The van der Waals surface area contributed by atoms with Gasteiger partial charge in [0.25, 0.3) is 0 Å². The lowest BCUT2D eigenvalue weighted by Gasteiger charge is -2.58. The molecule has 0 bridgehead atoms. The average Bonchev–Trinajstić information content (AvgIpc) is 3.61. The number of carbonyl (C=O) groups excluding carboxylic acids is 5. The van der Waals surface area contributed by atoms with Gasteiger partial charge in [0.15, 0.2) is 11.7 Å². The summed E-state index contributed by atoms with van der Waals surface area (Å²) in [4.78, 5) is 62.9. The molecule has 1 unspecified atom stereocenters. The van der Waals surface area contributed by atoms with E-state index in [0.29, 0.717) is 5.57 Å². The third-order valence-corrected chi connectivity index (χ3v) is 9.68. The van der Waals surface area contributed by atoms with Crippen LogP contribution in [-0.4, -0.2) is 88.7 Å². The summed E-state index contributed by atoms with van der Waals surface area (Å²) in [6.07, 6.45) is -5.82. The topological polar surface area (TPSA) is 164 Å². The Kier molecular flexibility index (Phi) is 8.27. The lowest BCUT2D eigenvalue weighted by Crippen LogP contribution is -2.72. The molecule has 1 N–H and O–H groups in total. The molecule has 2 aliphatic carbocycles. The number of esters is 5. The minimum absolute atomic E-state index is 0.00347. The van der Waals surface area contributed by atoms with Crippen LogP contribution in [0.15, 0.2) is 12.2 Å². The molecule has 4 fully saturated rings. The van der Waals surface area contributed by atoms with E-state index in [2.05, 4.69) is 6.58 Å². The lowest BCUT2D eigenvalue weighted by atomic mass is 9.51. The van der Waals surface area contributed by atoms with Crippen LogP contribution < -0.4 is 0 Å². The second-order valence-corrected chi connectivity index (χ2v) is 12.2. The van der Waals surface area contributed by atoms with E-state index in [0.717, 1.165) is 6.92 Å². The van der Waals surface area contributed by atoms with Crippen LogP contribution in [0.25, 0.3) is 0 Å². The number of alkyl halides is 1. The minimum atomic E-state index is -2.25. The van der Waals surface area contributed by atoms with Gasteiger partial charge in [-0.05, 0) is 19.8 Å². The molecule has 1 spiro atoms. The summed E-state index contributed by atoms with van der Waals surface area (Å²) in [5, 5.41) is 11.5. The Morgan fingerprint density at radius 1 is 0.951 bits per heavy atom. The van der Waals surface area contributed by atoms with Crippen molar-refractivity contribution in [2.45, 2.75) is 108 Å². The van der Waals surface area contributed by atoms with Gasteiger partial charge in [0.05, 0.1) is 23.3 Å². The highest BCUT2D eigenvalue weighted by atomic mass is 35.5. The summed E-state index contributed by atoms with van der Waals surface area (Å²) in [7, 11) is 0. The molecule has 4 aliphatic rings. The maximum absolute atomic E-state index is 13.0. The second kappa shape index (κ2) is 10.9. The van der Waals surface area contributed by atoms with Gasteiger partial charge >= 0.3 is 29.8 Å². The number of hydrogen-bond acceptors (Lipinski definition) is 12. The number of epoxide rings is 1. The van der Waals surface area contributed by atoms with Crippen LogP contribution in [0.2, 0.25) is 0 Å². The summed E-state index contributed by atoms with van der Waals surface area (Å²) in [5.74, 6) is -5.94. The van der Waals surface area contributed by atoms with Crippen LogP contribution >= 0.6 is 11.6 Å². The number of rotatable bonds is 4. The Morgan fingerprint density at radius 3 is 1.98 bits per heavy atom. The van der Waals surface area contributed by atoms with E-state index < -0.39 is 94.2 Å². The zero-order valence-corrected chi connectivity index (χ0v) is 24.7. The van der Waals surface area contributed by atoms with Gasteiger partial charge in [-0.25, -0.2) is 0 Å². The summed E-state index contributed by atoms with van der Waals surface area (Å²) in [6, 6.07) is 0. The van der Waals surface area contributed by atoms with Gasteiger partial charge in [-0.3, -0.25) is 24.0 Å². The van der Waals surface area contributed by atoms with Crippen molar-refractivity contribution in [2.24, 2.45) is 17.3 Å². The Labute approximate surface area is 242 Å². The van der Waals surface area contributed by atoms with E-state index in [1.54, 1.807) is 6.92 Å². The van der Waals surface area contributed by atoms with Crippen molar-refractivity contribution in [1.82, 2.24) is 0 Å². The van der Waals surface area contributed by atoms with Crippen molar-refractivity contribution in [1.29, 1.82) is 0 Å². The van der Waals surface area contributed by atoms with Gasteiger partial charge in [0.2, 0.25) is 0 Å². The van der Waals surface area contributed by atoms with Gasteiger partial charge in [-0.15, -0.1) is 11.6 Å². The molecule has 2 saturated carbocycles. The van der Waals surface area contributed by atoms with E-state index in [1.165, 1.54) is 27.7 Å². The van der Waals surface area contributed by atoms with E-state index in [-0.39, 0.29) is 25.9 Å². The molecule has 2 heterocycles. The van der Waals surface area contributed by atoms with Crippen molar-refractivity contribution in [3.8, 4) is 0 Å². The van der Waals surface area contributed by atoms with Gasteiger partial charge in [0, 0.05) is 40.0 Å². The number of fused-ring (bicyclic) bond motifs is 3. The van der Waals surface area contributed by atoms with Crippen LogP contribution in [0, 0.1) is 17.3 Å². The first kappa shape index (κ1) is 31.2. The van der Waals surface area contributed by atoms with Crippen molar-refractivity contribution in [3.63, 3.8) is 0 Å². The molecule has 13 heteroatoms. The van der Waals surface area contributed by atoms with Crippen molar-refractivity contribution in [3.05, 3.63) is 12.2 Å². The number of halogens is 1. The normalized spacial score (nSPS) is 43.6. The quantitative estimate of drug-likeness (QED) is 0.164. The predicted molar refractivity (Wildman–Crippen MR) is 139 cm³/mol. The Balaban J connectivity index is 2.06. The van der Waals surface area contributed by atoms with Gasteiger partial charge < -0.3 is 33.5 Å². The fraction of sp³-hybridized carbons (Fsp3) is 0.750. The molecule has 4 rings (SSSR count). The molecule has 0 radical (unpaired) electrons. The molecule has 0 amide bonds. The van der Waals surface area contributed by atoms with Crippen LogP contribution in [0.5, 0.6) is 0 Å². The van der Waals surface area contributed by atoms with Crippen LogP contribution in [-0.2, 0) is 52.4 Å². The summed E-state index contributed by atoms with van der Waals surface area (Å²) in [5.41, 5.74) is -4.66. The number of ether oxygens (including phenoxy) is 6. The largest absolute Gasteiger partial charge is 0.462 e. The molecular formula is C28H37ClO12. The summed E-state index contributed by atoms with van der Waals surface area (Å²) in [6.45, 7) is 11.9. The van der Waals surface area contributed by atoms with Crippen molar-refractivity contribution < 1.29 is 57.5 Å². The lowest BCUT2D eigenvalue weighted by molar-refractivity contribution is -0.259. The van der Waals surface area contributed by atoms with Crippen molar-refractivity contribution >= 4 is 41.4 Å². The first-order valence-corrected chi connectivity index (χ1v) is 14.0. The van der Waals surface area contributed by atoms with E-state index in [9.17, 15) is 29.1 Å². The summed E-state index contributed by atoms with van der Waals surface area (Å²) < 4.78 is 34.9. The van der Waals surface area contributed by atoms with Crippen molar-refractivity contribution in [2.75, 3.05) is 6.61 Å². The Morgan fingerprint density at radius 2 is 1.46 bits per heavy atom. The second-order valence-electron chi connectivity index (χ2n) is 11.7. The SMILES string of the molecule is C=C1CC[C@H](OC(C)=O)[C@@]2(C)[C@@H](OC(C)=O)C[C@@H](OC(C)=O)[C@]3(CO3)[C@@H]2C(OC(C)=O)[C@@]2(O)[C@@H](C)C(=O)O[C@H]2[C@H]1Cl. The standard InChI is InChI=1S/C28H37ClO12/c1-12-8-9-18(37-14(3)30)26(7)19(38-15(4)31)10-20(39-16(5)32)27(11-36-27)22(26)24(40-17(6)33)28(35)13(2)25(34)41-23(28)21(12)29/h13,18-24,35H,1,8-11H2,2-7H3/t13-,18-,19-,20+,21-,22+,23-,24?,26-,27+,28+/m0/s1. The van der Waals surface area contributed by atoms with Crippen LogP contribution in [0.1, 0.15) is 60.8 Å². The fourth-order valence-electron chi connectivity index (χ4n) is 7.17. The molecule has 12 nitrogen and oxygen atoms in total. The van der Waals surface area contributed by atoms with Gasteiger partial charge in [-0.2, -0.15) is 0 Å². The van der Waals surface area contributed by atoms with Crippen LogP contribution in [0.3, 0.4) is 0 Å². The smallest absolute Gasteiger partial charge is 0.312 e. The van der Waals surface area contributed by atoms with E-state index in [4.69, 9.17) is 40.0 Å². The number of aliphatic hydroxyl groups is 1. The fourth-order valence-corrected chi connectivity index (χ4v) is 7.53. The monoisotopic (exact) mass is 600 g/mol. The van der Waals surface area contributed by atoms with E-state index >= 15 is 0 Å². The molecule has 0 aromatic heterocycles.